The first-order valence-electron chi connectivity index (χ1n) is 8.72. The van der Waals surface area contributed by atoms with E-state index in [9.17, 15) is 14.4 Å². The number of fused-ring (bicyclic) bond motifs is 1. The Morgan fingerprint density at radius 3 is 2.69 bits per heavy atom. The van der Waals surface area contributed by atoms with Crippen LogP contribution in [0.25, 0.3) is 10.9 Å². The summed E-state index contributed by atoms with van der Waals surface area (Å²) in [5, 5.41) is 5.32. The van der Waals surface area contributed by atoms with E-state index in [1.165, 1.54) is 7.11 Å². The molecule has 0 radical (unpaired) electrons. The largest absolute Gasteiger partial charge is 0.469 e. The predicted octanol–water partition coefficient (Wildman–Crippen LogP) is 2.82. The van der Waals surface area contributed by atoms with E-state index in [1.54, 1.807) is 18.4 Å². The molecule has 9 heteroatoms. The number of benzene rings is 1. The smallest absolute Gasteiger partial charge is 0.340 e. The molecule has 2 aromatic heterocycles. The van der Waals surface area contributed by atoms with Crippen LogP contribution in [-0.2, 0) is 25.5 Å². The highest BCUT2D eigenvalue weighted by atomic mass is 32.1. The Balaban J connectivity index is 1.60. The van der Waals surface area contributed by atoms with E-state index in [2.05, 4.69) is 20.0 Å². The maximum absolute atomic E-state index is 12.4. The number of methoxy groups -OCH3 is 1. The van der Waals surface area contributed by atoms with Crippen molar-refractivity contribution in [3.05, 3.63) is 52.2 Å². The second-order valence-corrected chi connectivity index (χ2v) is 7.20. The molecular weight excluding hydrogens is 394 g/mol. The molecule has 2 heterocycles. The summed E-state index contributed by atoms with van der Waals surface area (Å²) in [5.41, 5.74) is 3.16. The van der Waals surface area contributed by atoms with E-state index < -0.39 is 24.5 Å². The number of nitrogens with zero attached hydrogens (tertiary/aromatic N) is 2. The van der Waals surface area contributed by atoms with Gasteiger partial charge >= 0.3 is 11.9 Å². The summed E-state index contributed by atoms with van der Waals surface area (Å²) < 4.78 is 9.69. The Morgan fingerprint density at radius 2 is 1.93 bits per heavy atom. The summed E-state index contributed by atoms with van der Waals surface area (Å²) in [6.45, 7) is 3.21. The minimum absolute atomic E-state index is 0.0194. The first-order chi connectivity index (χ1) is 13.9. The van der Waals surface area contributed by atoms with E-state index in [4.69, 9.17) is 4.74 Å². The van der Waals surface area contributed by atoms with Crippen molar-refractivity contribution in [1.82, 2.24) is 9.97 Å². The normalized spacial score (nSPS) is 10.6. The number of hydrogen-bond acceptors (Lipinski definition) is 8. The van der Waals surface area contributed by atoms with Crippen molar-refractivity contribution in [3.63, 3.8) is 0 Å². The molecule has 0 aliphatic carbocycles. The predicted molar refractivity (Wildman–Crippen MR) is 108 cm³/mol. The molecule has 1 amide bonds. The SMILES string of the molecule is COC(=O)Cc1csc(NC(=O)COC(=O)c2cc3cc(C)ccc3nc2C)n1. The third kappa shape index (κ3) is 5.14. The molecule has 150 valence electrons. The van der Waals surface area contributed by atoms with Crippen LogP contribution in [-0.4, -0.2) is 41.5 Å². The average molecular weight is 413 g/mol. The van der Waals surface area contributed by atoms with Crippen LogP contribution >= 0.6 is 11.3 Å². The highest BCUT2D eigenvalue weighted by Gasteiger charge is 2.16. The van der Waals surface area contributed by atoms with Crippen LogP contribution in [0, 0.1) is 13.8 Å². The van der Waals surface area contributed by atoms with Gasteiger partial charge in [0, 0.05) is 10.8 Å². The molecule has 0 fully saturated rings. The summed E-state index contributed by atoms with van der Waals surface area (Å²) in [4.78, 5) is 44.2. The fraction of sp³-hybridized carbons (Fsp3) is 0.250. The van der Waals surface area contributed by atoms with Crippen molar-refractivity contribution < 1.29 is 23.9 Å². The third-order valence-electron chi connectivity index (χ3n) is 4.07. The van der Waals surface area contributed by atoms with E-state index in [0.29, 0.717) is 22.1 Å². The zero-order chi connectivity index (χ0) is 21.0. The molecule has 0 saturated heterocycles. The van der Waals surface area contributed by atoms with Gasteiger partial charge < -0.3 is 9.47 Å². The van der Waals surface area contributed by atoms with E-state index in [-0.39, 0.29) is 6.42 Å². The van der Waals surface area contributed by atoms with Crippen LogP contribution < -0.4 is 5.32 Å². The van der Waals surface area contributed by atoms with Gasteiger partial charge in [-0.05, 0) is 32.0 Å². The van der Waals surface area contributed by atoms with Gasteiger partial charge in [-0.15, -0.1) is 11.3 Å². The van der Waals surface area contributed by atoms with Crippen LogP contribution in [0.5, 0.6) is 0 Å². The number of aryl methyl sites for hydroxylation is 2. The molecule has 29 heavy (non-hydrogen) atoms. The number of pyridine rings is 1. The van der Waals surface area contributed by atoms with Crippen LogP contribution in [0.3, 0.4) is 0 Å². The molecular formula is C20H19N3O5S. The average Bonchev–Trinajstić information content (AvgIpc) is 3.12. The number of carbonyl (C=O) groups is 3. The number of thiazole rings is 1. The number of amides is 1. The fourth-order valence-electron chi connectivity index (χ4n) is 2.63. The quantitative estimate of drug-likeness (QED) is 0.619. The van der Waals surface area contributed by atoms with Crippen molar-refractivity contribution in [2.24, 2.45) is 0 Å². The summed E-state index contributed by atoms with van der Waals surface area (Å²) in [6, 6.07) is 7.49. The summed E-state index contributed by atoms with van der Waals surface area (Å²) in [6.07, 6.45) is 0.0194. The Labute approximate surface area is 170 Å². The number of aromatic nitrogens is 2. The number of ether oxygens (including phenoxy) is 2. The lowest BCUT2D eigenvalue weighted by Crippen LogP contribution is -2.21. The van der Waals surface area contributed by atoms with Crippen molar-refractivity contribution in [1.29, 1.82) is 0 Å². The van der Waals surface area contributed by atoms with Crippen LogP contribution in [0.1, 0.15) is 27.3 Å². The maximum Gasteiger partial charge on any atom is 0.340 e. The minimum atomic E-state index is -0.626. The molecule has 0 saturated carbocycles. The molecule has 0 spiro atoms. The van der Waals surface area contributed by atoms with Crippen molar-refractivity contribution in [2.45, 2.75) is 20.3 Å². The zero-order valence-electron chi connectivity index (χ0n) is 16.1. The molecule has 3 rings (SSSR count). The number of hydrogen-bond donors (Lipinski definition) is 1. The fourth-order valence-corrected chi connectivity index (χ4v) is 3.36. The Morgan fingerprint density at radius 1 is 1.14 bits per heavy atom. The van der Waals surface area contributed by atoms with Gasteiger partial charge in [0.25, 0.3) is 5.91 Å². The van der Waals surface area contributed by atoms with Gasteiger partial charge in [-0.1, -0.05) is 11.6 Å². The molecule has 0 atom stereocenters. The van der Waals surface area contributed by atoms with Gasteiger partial charge in [-0.3, -0.25) is 19.9 Å². The number of carbonyl (C=O) groups excluding carboxylic acids is 3. The lowest BCUT2D eigenvalue weighted by atomic mass is 10.1. The highest BCUT2D eigenvalue weighted by molar-refractivity contribution is 7.13. The van der Waals surface area contributed by atoms with Gasteiger partial charge in [0.1, 0.15) is 0 Å². The molecule has 0 aliphatic rings. The number of rotatable bonds is 6. The summed E-state index contributed by atoms with van der Waals surface area (Å²) >= 11 is 1.16. The van der Waals surface area contributed by atoms with Crippen molar-refractivity contribution in [2.75, 3.05) is 19.0 Å². The summed E-state index contributed by atoms with van der Waals surface area (Å²) in [5.74, 6) is -1.57. The van der Waals surface area contributed by atoms with Gasteiger partial charge in [0.2, 0.25) is 0 Å². The van der Waals surface area contributed by atoms with E-state index in [0.717, 1.165) is 27.8 Å². The topological polar surface area (TPSA) is 107 Å². The Hall–Kier alpha value is -3.33. The van der Waals surface area contributed by atoms with Gasteiger partial charge in [0.05, 0.1) is 36.0 Å². The molecule has 8 nitrogen and oxygen atoms in total. The lowest BCUT2D eigenvalue weighted by Gasteiger charge is -2.08. The molecule has 1 aromatic carbocycles. The Bertz CT molecular complexity index is 1090. The second kappa shape index (κ2) is 8.78. The second-order valence-electron chi connectivity index (χ2n) is 6.34. The maximum atomic E-state index is 12.4. The van der Waals surface area contributed by atoms with Crippen molar-refractivity contribution >= 4 is 45.2 Å². The van der Waals surface area contributed by atoms with Crippen LogP contribution in [0.15, 0.2) is 29.6 Å². The monoisotopic (exact) mass is 413 g/mol. The van der Waals surface area contributed by atoms with Gasteiger partial charge in [-0.25, -0.2) is 9.78 Å². The standard InChI is InChI=1S/C20H19N3O5S/c1-11-4-5-16-13(6-11)7-15(12(2)21-16)19(26)28-9-17(24)23-20-22-14(10-29-20)8-18(25)27-3/h4-7,10H,8-9H2,1-3H3,(H,22,23,24). The minimum Gasteiger partial charge on any atom is -0.469 e. The Kier molecular flexibility index (Phi) is 6.18. The zero-order valence-corrected chi connectivity index (χ0v) is 17.0. The molecule has 1 N–H and O–H groups in total. The first kappa shape index (κ1) is 20.4. The van der Waals surface area contributed by atoms with Crippen molar-refractivity contribution in [3.8, 4) is 0 Å². The van der Waals surface area contributed by atoms with Crippen LogP contribution in [0.2, 0.25) is 0 Å². The van der Waals surface area contributed by atoms with E-state index >= 15 is 0 Å². The van der Waals surface area contributed by atoms with Gasteiger partial charge in [0.15, 0.2) is 11.7 Å². The molecule has 3 aromatic rings. The van der Waals surface area contributed by atoms with E-state index in [1.807, 2.05) is 25.1 Å². The number of anilines is 1. The van der Waals surface area contributed by atoms with Crippen LogP contribution in [0.4, 0.5) is 5.13 Å². The number of esters is 2. The third-order valence-corrected chi connectivity index (χ3v) is 4.87. The molecule has 0 bridgehead atoms. The molecule has 0 aliphatic heterocycles. The number of nitrogens with one attached hydrogen (secondary N) is 1. The molecule has 0 unspecified atom stereocenters. The van der Waals surface area contributed by atoms with Gasteiger partial charge in [-0.2, -0.15) is 0 Å². The highest BCUT2D eigenvalue weighted by Crippen LogP contribution is 2.19. The first-order valence-corrected chi connectivity index (χ1v) is 9.60. The summed E-state index contributed by atoms with van der Waals surface area (Å²) in [7, 11) is 1.29. The lowest BCUT2D eigenvalue weighted by molar-refractivity contribution is -0.139.